The van der Waals surface area contributed by atoms with E-state index >= 15 is 0 Å². The van der Waals surface area contributed by atoms with Crippen molar-refractivity contribution in [3.05, 3.63) is 0 Å². The summed E-state index contributed by atoms with van der Waals surface area (Å²) in [5, 5.41) is 0. The van der Waals surface area contributed by atoms with E-state index in [1.54, 1.807) is 0 Å². The Hall–Kier alpha value is -0.380. The fourth-order valence-corrected chi connectivity index (χ4v) is 3.10. The molecule has 0 saturated heterocycles. The van der Waals surface area contributed by atoms with Crippen LogP contribution in [-0.2, 0) is 22.9 Å². The molecule has 0 aliphatic carbocycles. The van der Waals surface area contributed by atoms with Gasteiger partial charge in [0.1, 0.15) is 0 Å². The molecule has 0 fully saturated rings. The Kier molecular flexibility index (Phi) is 14.0. The lowest BCUT2D eigenvalue weighted by Crippen LogP contribution is -2.08. The molecule has 0 radical (unpaired) electrons. The molecular weight excluding hydrogens is 303 g/mol. The van der Waals surface area contributed by atoms with Crippen LogP contribution in [0.1, 0.15) is 85.0 Å². The Bertz CT molecular complexity index is 302. The largest absolute Gasteiger partial charge is 0.532 e. The van der Waals surface area contributed by atoms with E-state index in [1.165, 1.54) is 0 Å². The van der Waals surface area contributed by atoms with Gasteiger partial charge in [-0.1, -0.05) is 59.3 Å². The summed E-state index contributed by atoms with van der Waals surface area (Å²) in [4.78, 5) is 11.6. The highest BCUT2D eigenvalue weighted by Crippen LogP contribution is 2.50. The number of hydrogen-bond acceptors (Lipinski definition) is 5. The fraction of sp³-hybridized carbons (Fsp3) is 0.938. The highest BCUT2D eigenvalue weighted by Gasteiger charge is 2.30. The molecule has 22 heavy (non-hydrogen) atoms. The van der Waals surface area contributed by atoms with Crippen molar-refractivity contribution in [1.82, 2.24) is 0 Å². The van der Waals surface area contributed by atoms with Gasteiger partial charge in [0, 0.05) is 6.42 Å². The molecule has 6 heteroatoms. The number of rotatable bonds is 15. The van der Waals surface area contributed by atoms with E-state index in [1.807, 2.05) is 6.92 Å². The first-order valence-corrected chi connectivity index (χ1v) is 10.2. The van der Waals surface area contributed by atoms with E-state index in [0.29, 0.717) is 19.6 Å². The second-order valence-electron chi connectivity index (χ2n) is 5.45. The van der Waals surface area contributed by atoms with E-state index in [9.17, 15) is 9.36 Å². The molecule has 5 nitrogen and oxygen atoms in total. The Labute approximate surface area is 135 Å². The van der Waals surface area contributed by atoms with Crippen LogP contribution in [0.4, 0.5) is 0 Å². The molecule has 0 N–H and O–H groups in total. The Morgan fingerprint density at radius 3 is 1.68 bits per heavy atom. The molecule has 0 aromatic carbocycles. The second-order valence-corrected chi connectivity index (χ2v) is 7.04. The number of carbonyl (C=O) groups excluding carboxylic acids is 1. The first-order chi connectivity index (χ1) is 10.6. The van der Waals surface area contributed by atoms with Crippen molar-refractivity contribution in [1.29, 1.82) is 0 Å². The molecule has 0 atom stereocenters. The summed E-state index contributed by atoms with van der Waals surface area (Å²) in [5.41, 5.74) is 0. The van der Waals surface area contributed by atoms with Gasteiger partial charge in [-0.15, -0.1) is 0 Å². The number of phosphoric acid groups is 1. The van der Waals surface area contributed by atoms with Gasteiger partial charge >= 0.3 is 13.8 Å². The number of carbonyl (C=O) groups is 1. The van der Waals surface area contributed by atoms with Crippen molar-refractivity contribution < 1.29 is 22.9 Å². The topological polar surface area (TPSA) is 61.8 Å². The molecule has 132 valence electrons. The molecule has 0 heterocycles. The highest BCUT2D eigenvalue weighted by molar-refractivity contribution is 7.49. The minimum atomic E-state index is -3.75. The molecular formula is C16H33O5P. The predicted octanol–water partition coefficient (Wildman–Crippen LogP) is 5.63. The SMILES string of the molecule is CCCCCCOP(=O)(OCCCCCC)OC(=O)CCC. The van der Waals surface area contributed by atoms with Gasteiger partial charge in [0.2, 0.25) is 0 Å². The first-order valence-electron chi connectivity index (χ1n) is 8.69. The van der Waals surface area contributed by atoms with Crippen LogP contribution in [-0.4, -0.2) is 19.2 Å². The Morgan fingerprint density at radius 2 is 1.27 bits per heavy atom. The third-order valence-electron chi connectivity index (χ3n) is 3.16. The molecule has 0 rings (SSSR count). The minimum absolute atomic E-state index is 0.225. The van der Waals surface area contributed by atoms with Gasteiger partial charge in [0.05, 0.1) is 13.2 Å². The van der Waals surface area contributed by atoms with Crippen molar-refractivity contribution in [2.45, 2.75) is 85.0 Å². The van der Waals surface area contributed by atoms with E-state index in [0.717, 1.165) is 51.4 Å². The molecule has 0 amide bonds. The number of phosphoric ester groups is 1. The first kappa shape index (κ1) is 21.6. The van der Waals surface area contributed by atoms with Gasteiger partial charge in [0.15, 0.2) is 0 Å². The van der Waals surface area contributed by atoms with Crippen LogP contribution in [0.5, 0.6) is 0 Å². The van der Waals surface area contributed by atoms with Crippen LogP contribution in [0, 0.1) is 0 Å². The van der Waals surface area contributed by atoms with Gasteiger partial charge in [-0.3, -0.25) is 13.8 Å². The summed E-state index contributed by atoms with van der Waals surface area (Å²) in [7, 11) is -3.75. The van der Waals surface area contributed by atoms with E-state index in [-0.39, 0.29) is 6.42 Å². The summed E-state index contributed by atoms with van der Waals surface area (Å²) in [5.74, 6) is -0.520. The van der Waals surface area contributed by atoms with Crippen LogP contribution in [0.2, 0.25) is 0 Å². The highest BCUT2D eigenvalue weighted by atomic mass is 31.2. The molecule has 0 unspecified atom stereocenters. The predicted molar refractivity (Wildman–Crippen MR) is 88.8 cm³/mol. The monoisotopic (exact) mass is 336 g/mol. The lowest BCUT2D eigenvalue weighted by molar-refractivity contribution is -0.136. The van der Waals surface area contributed by atoms with Crippen molar-refractivity contribution in [3.8, 4) is 0 Å². The smallest absolute Gasteiger partial charge is 0.370 e. The van der Waals surface area contributed by atoms with Gasteiger partial charge in [-0.05, 0) is 19.3 Å². The molecule has 0 aromatic heterocycles. The minimum Gasteiger partial charge on any atom is -0.370 e. The summed E-state index contributed by atoms with van der Waals surface area (Å²) in [6.45, 7) is 6.70. The zero-order valence-corrected chi connectivity index (χ0v) is 15.4. The average Bonchev–Trinajstić information content (AvgIpc) is 2.47. The molecule has 0 saturated carbocycles. The fourth-order valence-electron chi connectivity index (χ4n) is 1.87. The quantitative estimate of drug-likeness (QED) is 0.286. The van der Waals surface area contributed by atoms with Gasteiger partial charge in [0.25, 0.3) is 0 Å². The number of unbranched alkanes of at least 4 members (excludes halogenated alkanes) is 6. The maximum absolute atomic E-state index is 12.5. The van der Waals surface area contributed by atoms with E-state index in [4.69, 9.17) is 13.6 Å². The lowest BCUT2D eigenvalue weighted by atomic mass is 10.2. The lowest BCUT2D eigenvalue weighted by Gasteiger charge is -2.17. The van der Waals surface area contributed by atoms with Gasteiger partial charge in [-0.25, -0.2) is 4.57 Å². The van der Waals surface area contributed by atoms with Crippen LogP contribution >= 0.6 is 7.82 Å². The zero-order valence-electron chi connectivity index (χ0n) is 14.5. The van der Waals surface area contributed by atoms with Crippen LogP contribution in [0.3, 0.4) is 0 Å². The van der Waals surface area contributed by atoms with Crippen LogP contribution < -0.4 is 0 Å². The van der Waals surface area contributed by atoms with Crippen molar-refractivity contribution in [3.63, 3.8) is 0 Å². The van der Waals surface area contributed by atoms with Crippen LogP contribution in [0.15, 0.2) is 0 Å². The molecule has 0 aromatic rings. The average molecular weight is 336 g/mol. The summed E-state index contributed by atoms with van der Waals surface area (Å²) in [6.07, 6.45) is 8.95. The Morgan fingerprint density at radius 1 is 0.773 bits per heavy atom. The molecule has 0 bridgehead atoms. The standard InChI is InChI=1S/C16H33O5P/c1-4-7-9-11-14-19-22(18,21-16(17)13-6-3)20-15-12-10-8-5-2/h4-15H2,1-3H3. The van der Waals surface area contributed by atoms with Crippen LogP contribution in [0.25, 0.3) is 0 Å². The van der Waals surface area contributed by atoms with Crippen molar-refractivity contribution in [2.24, 2.45) is 0 Å². The van der Waals surface area contributed by atoms with E-state index < -0.39 is 13.8 Å². The Balaban J connectivity index is 4.22. The molecule has 0 aliphatic heterocycles. The van der Waals surface area contributed by atoms with Crippen molar-refractivity contribution in [2.75, 3.05) is 13.2 Å². The third kappa shape index (κ3) is 12.2. The van der Waals surface area contributed by atoms with Crippen molar-refractivity contribution >= 4 is 13.8 Å². The van der Waals surface area contributed by atoms with Gasteiger partial charge in [-0.2, -0.15) is 0 Å². The van der Waals surface area contributed by atoms with E-state index in [2.05, 4.69) is 13.8 Å². The number of hydrogen-bond donors (Lipinski definition) is 0. The summed E-state index contributed by atoms with van der Waals surface area (Å²) >= 11 is 0. The second kappa shape index (κ2) is 14.2. The zero-order chi connectivity index (χ0) is 16.7. The molecule has 0 spiro atoms. The maximum atomic E-state index is 12.5. The summed E-state index contributed by atoms with van der Waals surface area (Å²) in [6, 6.07) is 0. The summed E-state index contributed by atoms with van der Waals surface area (Å²) < 4.78 is 28.0. The van der Waals surface area contributed by atoms with Gasteiger partial charge < -0.3 is 4.52 Å². The third-order valence-corrected chi connectivity index (χ3v) is 4.59. The molecule has 0 aliphatic rings. The normalized spacial score (nSPS) is 11.6. The maximum Gasteiger partial charge on any atom is 0.532 e.